The molecule has 1 N–H and O–H groups in total. The summed E-state index contributed by atoms with van der Waals surface area (Å²) in [6.07, 6.45) is 6.07. The molecule has 2 heterocycles. The number of nitrogens with one attached hydrogen (secondary N) is 1. The molecule has 1 aromatic rings. The molecule has 17 heavy (non-hydrogen) atoms. The van der Waals surface area contributed by atoms with Gasteiger partial charge in [-0.15, -0.1) is 0 Å². The third-order valence-corrected chi connectivity index (χ3v) is 1.94. The number of hydrogen-bond donors (Lipinski definition) is 1. The number of carbonyl (C=O) groups excluding carboxylic acids is 1. The van der Waals surface area contributed by atoms with E-state index in [0.29, 0.717) is 13.2 Å². The molecule has 0 fully saturated rings. The Morgan fingerprint density at radius 2 is 2.47 bits per heavy atom. The lowest BCUT2D eigenvalue weighted by Crippen LogP contribution is -2.24. The average molecular weight is 233 g/mol. The summed E-state index contributed by atoms with van der Waals surface area (Å²) in [5.74, 6) is -0.315. The lowest BCUT2D eigenvalue weighted by atomic mass is 10.3. The van der Waals surface area contributed by atoms with Crippen LogP contribution in [0.3, 0.4) is 0 Å². The number of amides is 1. The summed E-state index contributed by atoms with van der Waals surface area (Å²) in [4.78, 5) is 15.4. The first-order valence-electron chi connectivity index (χ1n) is 5.04. The molecule has 0 saturated carbocycles. The standard InChI is InChI=1S/C11H11N3O3/c15-11(10-8-16-4-5-17-10)14-13-7-9-2-1-3-12-6-9/h1-3,6-8H,4-5H2,(H,14,15). The number of rotatable bonds is 3. The number of aromatic nitrogens is 1. The zero-order chi connectivity index (χ0) is 11.9. The number of hydrogen-bond acceptors (Lipinski definition) is 5. The second-order valence-electron chi connectivity index (χ2n) is 3.19. The molecule has 0 atom stereocenters. The number of hydrazone groups is 1. The van der Waals surface area contributed by atoms with Gasteiger partial charge >= 0.3 is 5.91 Å². The molecule has 0 aliphatic carbocycles. The molecule has 1 aliphatic rings. The number of pyridine rings is 1. The summed E-state index contributed by atoms with van der Waals surface area (Å²) in [6, 6.07) is 3.60. The number of ether oxygens (including phenoxy) is 2. The minimum Gasteiger partial charge on any atom is -0.494 e. The van der Waals surface area contributed by atoms with Crippen molar-refractivity contribution in [2.45, 2.75) is 0 Å². The lowest BCUT2D eigenvalue weighted by Gasteiger charge is -2.13. The van der Waals surface area contributed by atoms with E-state index in [9.17, 15) is 4.79 Å². The molecule has 0 saturated heterocycles. The smallest absolute Gasteiger partial charge is 0.309 e. The largest absolute Gasteiger partial charge is 0.494 e. The average Bonchev–Trinajstić information content (AvgIpc) is 2.41. The second kappa shape index (κ2) is 5.64. The molecule has 0 bridgehead atoms. The summed E-state index contributed by atoms with van der Waals surface area (Å²) in [5.41, 5.74) is 3.12. The maximum absolute atomic E-state index is 11.5. The second-order valence-corrected chi connectivity index (χ2v) is 3.19. The van der Waals surface area contributed by atoms with E-state index in [1.165, 1.54) is 12.5 Å². The Labute approximate surface area is 97.9 Å². The van der Waals surface area contributed by atoms with Crippen molar-refractivity contribution >= 4 is 12.1 Å². The molecule has 1 aliphatic heterocycles. The maximum atomic E-state index is 11.5. The van der Waals surface area contributed by atoms with Crippen molar-refractivity contribution in [3.63, 3.8) is 0 Å². The molecule has 0 radical (unpaired) electrons. The van der Waals surface area contributed by atoms with Gasteiger partial charge < -0.3 is 9.47 Å². The van der Waals surface area contributed by atoms with Crippen LogP contribution in [-0.2, 0) is 14.3 Å². The third kappa shape index (κ3) is 3.30. The maximum Gasteiger partial charge on any atom is 0.309 e. The van der Waals surface area contributed by atoms with Crippen LogP contribution in [0.5, 0.6) is 0 Å². The van der Waals surface area contributed by atoms with Crippen LogP contribution in [0.2, 0.25) is 0 Å². The normalized spacial score (nSPS) is 14.7. The molecular weight excluding hydrogens is 222 g/mol. The number of carbonyl (C=O) groups is 1. The summed E-state index contributed by atoms with van der Waals surface area (Å²) in [5, 5.41) is 3.78. The van der Waals surface area contributed by atoms with E-state index < -0.39 is 5.91 Å². The molecule has 6 heteroatoms. The minimum atomic E-state index is -0.440. The zero-order valence-electron chi connectivity index (χ0n) is 9.00. The predicted octanol–water partition coefficient (Wildman–Crippen LogP) is 0.420. The van der Waals surface area contributed by atoms with E-state index in [1.807, 2.05) is 6.07 Å². The van der Waals surface area contributed by atoms with Crippen molar-refractivity contribution < 1.29 is 14.3 Å². The Balaban J connectivity index is 1.88. The molecule has 0 spiro atoms. The van der Waals surface area contributed by atoms with Gasteiger partial charge in [-0.2, -0.15) is 5.10 Å². The Morgan fingerprint density at radius 1 is 1.53 bits per heavy atom. The fourth-order valence-corrected chi connectivity index (χ4v) is 1.16. The van der Waals surface area contributed by atoms with Gasteiger partial charge in [-0.1, -0.05) is 6.07 Å². The van der Waals surface area contributed by atoms with Crippen molar-refractivity contribution in [3.05, 3.63) is 42.1 Å². The molecule has 1 amide bonds. The van der Waals surface area contributed by atoms with Gasteiger partial charge in [0.1, 0.15) is 19.5 Å². The first-order valence-corrected chi connectivity index (χ1v) is 5.04. The van der Waals surface area contributed by atoms with Crippen LogP contribution in [0.15, 0.2) is 41.6 Å². The monoisotopic (exact) mass is 233 g/mol. The highest BCUT2D eigenvalue weighted by Gasteiger charge is 2.13. The molecule has 2 rings (SSSR count). The van der Waals surface area contributed by atoms with E-state index in [2.05, 4.69) is 15.5 Å². The first-order chi connectivity index (χ1) is 8.36. The predicted molar refractivity (Wildman–Crippen MR) is 60.0 cm³/mol. The summed E-state index contributed by atoms with van der Waals surface area (Å²) in [7, 11) is 0. The van der Waals surface area contributed by atoms with Crippen LogP contribution >= 0.6 is 0 Å². The first kappa shape index (κ1) is 11.1. The minimum absolute atomic E-state index is 0.125. The Hall–Kier alpha value is -2.37. The van der Waals surface area contributed by atoms with Gasteiger partial charge in [0.2, 0.25) is 5.76 Å². The van der Waals surface area contributed by atoms with Crippen LogP contribution in [0.4, 0.5) is 0 Å². The van der Waals surface area contributed by atoms with Gasteiger partial charge in [-0.25, -0.2) is 5.43 Å². The molecule has 88 valence electrons. The van der Waals surface area contributed by atoms with E-state index in [4.69, 9.17) is 9.47 Å². The molecule has 0 unspecified atom stereocenters. The van der Waals surface area contributed by atoms with Crippen molar-refractivity contribution in [2.24, 2.45) is 5.10 Å². The molecule has 1 aromatic heterocycles. The van der Waals surface area contributed by atoms with Gasteiger partial charge in [-0.3, -0.25) is 9.78 Å². The summed E-state index contributed by atoms with van der Waals surface area (Å²) < 4.78 is 10.0. The van der Waals surface area contributed by atoms with Crippen LogP contribution < -0.4 is 5.43 Å². The van der Waals surface area contributed by atoms with Crippen LogP contribution in [0, 0.1) is 0 Å². The molecule has 0 aromatic carbocycles. The Morgan fingerprint density at radius 3 is 3.18 bits per heavy atom. The lowest BCUT2D eigenvalue weighted by molar-refractivity contribution is -0.122. The van der Waals surface area contributed by atoms with E-state index in [-0.39, 0.29) is 5.76 Å². The van der Waals surface area contributed by atoms with Gasteiger partial charge in [0.25, 0.3) is 0 Å². The Kier molecular flexibility index (Phi) is 3.69. The van der Waals surface area contributed by atoms with Crippen molar-refractivity contribution in [3.8, 4) is 0 Å². The van der Waals surface area contributed by atoms with Crippen LogP contribution in [0.1, 0.15) is 5.56 Å². The fourth-order valence-electron chi connectivity index (χ4n) is 1.16. The van der Waals surface area contributed by atoms with E-state index in [1.54, 1.807) is 18.5 Å². The highest BCUT2D eigenvalue weighted by molar-refractivity contribution is 5.92. The molecular formula is C11H11N3O3. The highest BCUT2D eigenvalue weighted by atomic mass is 16.6. The topological polar surface area (TPSA) is 72.8 Å². The third-order valence-electron chi connectivity index (χ3n) is 1.94. The van der Waals surface area contributed by atoms with E-state index in [0.717, 1.165) is 5.56 Å². The van der Waals surface area contributed by atoms with Gasteiger partial charge in [0.15, 0.2) is 0 Å². The fraction of sp³-hybridized carbons (Fsp3) is 0.182. The van der Waals surface area contributed by atoms with Crippen molar-refractivity contribution in [2.75, 3.05) is 13.2 Å². The van der Waals surface area contributed by atoms with Crippen LogP contribution in [-0.4, -0.2) is 30.3 Å². The van der Waals surface area contributed by atoms with Gasteiger partial charge in [-0.05, 0) is 6.07 Å². The van der Waals surface area contributed by atoms with Crippen LogP contribution in [0.25, 0.3) is 0 Å². The van der Waals surface area contributed by atoms with Crippen molar-refractivity contribution in [1.82, 2.24) is 10.4 Å². The van der Waals surface area contributed by atoms with Crippen molar-refractivity contribution in [1.29, 1.82) is 0 Å². The summed E-state index contributed by atoms with van der Waals surface area (Å²) >= 11 is 0. The zero-order valence-corrected chi connectivity index (χ0v) is 9.00. The SMILES string of the molecule is O=C(NN=Cc1cccnc1)C1=COCCO1. The summed E-state index contributed by atoms with van der Waals surface area (Å²) in [6.45, 7) is 0.821. The quantitative estimate of drug-likeness (QED) is 0.606. The highest BCUT2D eigenvalue weighted by Crippen LogP contribution is 2.03. The molecule has 6 nitrogen and oxygen atoms in total. The van der Waals surface area contributed by atoms with E-state index >= 15 is 0 Å². The van der Waals surface area contributed by atoms with Gasteiger partial charge in [0, 0.05) is 18.0 Å². The number of nitrogens with zero attached hydrogens (tertiary/aromatic N) is 2. The Bertz CT molecular complexity index is 443. The van der Waals surface area contributed by atoms with Gasteiger partial charge in [0.05, 0.1) is 6.21 Å².